The van der Waals surface area contributed by atoms with Crippen molar-refractivity contribution in [2.75, 3.05) is 6.54 Å². The molecule has 1 aliphatic rings. The van der Waals surface area contributed by atoms with Gasteiger partial charge < -0.3 is 25.5 Å². The first-order valence-electron chi connectivity index (χ1n) is 10.2. The molecule has 1 aromatic heterocycles. The number of aromatic nitrogens is 2. The molecule has 4 rings (SSSR count). The number of amides is 2. The first-order valence-corrected chi connectivity index (χ1v) is 10.2. The van der Waals surface area contributed by atoms with Crippen molar-refractivity contribution in [3.8, 4) is 11.6 Å². The largest absolute Gasteiger partial charge is 0.501 e. The summed E-state index contributed by atoms with van der Waals surface area (Å²) >= 11 is 0. The highest BCUT2D eigenvalue weighted by Gasteiger charge is 2.38. The van der Waals surface area contributed by atoms with Gasteiger partial charge in [-0.25, -0.2) is 9.37 Å². The summed E-state index contributed by atoms with van der Waals surface area (Å²) in [5.74, 6) is -3.29. The third-order valence-corrected chi connectivity index (χ3v) is 5.32. The summed E-state index contributed by atoms with van der Waals surface area (Å²) in [6.07, 6.45) is -0.752. The van der Waals surface area contributed by atoms with Gasteiger partial charge in [0.2, 0.25) is 5.75 Å². The van der Waals surface area contributed by atoms with Crippen molar-refractivity contribution in [2.45, 2.75) is 25.1 Å². The van der Waals surface area contributed by atoms with Crippen molar-refractivity contribution in [1.82, 2.24) is 20.2 Å². The van der Waals surface area contributed by atoms with Gasteiger partial charge in [-0.05, 0) is 29.8 Å². The molecule has 0 aliphatic carbocycles. The number of hydrogen-bond acceptors (Lipinski definition) is 7. The Kier molecular flexibility index (Phi) is 6.18. The monoisotopic (exact) mass is 452 g/mol. The van der Waals surface area contributed by atoms with E-state index in [4.69, 9.17) is 0 Å². The van der Waals surface area contributed by atoms with Crippen molar-refractivity contribution >= 4 is 11.8 Å². The minimum atomic E-state index is -0.849. The van der Waals surface area contributed by atoms with E-state index in [9.17, 15) is 29.3 Å². The zero-order valence-corrected chi connectivity index (χ0v) is 17.3. The van der Waals surface area contributed by atoms with E-state index in [-0.39, 0.29) is 31.2 Å². The van der Waals surface area contributed by atoms with Crippen LogP contribution in [0.5, 0.6) is 11.6 Å². The molecule has 10 heteroatoms. The molecular weight excluding hydrogens is 431 g/mol. The first kappa shape index (κ1) is 22.2. The molecule has 170 valence electrons. The van der Waals surface area contributed by atoms with Gasteiger partial charge in [-0.1, -0.05) is 30.3 Å². The van der Waals surface area contributed by atoms with E-state index in [1.165, 1.54) is 29.2 Å². The molecule has 0 bridgehead atoms. The predicted molar refractivity (Wildman–Crippen MR) is 114 cm³/mol. The van der Waals surface area contributed by atoms with Gasteiger partial charge in [0.25, 0.3) is 17.7 Å². The normalized spacial score (nSPS) is 17.7. The van der Waals surface area contributed by atoms with Crippen LogP contribution in [0.4, 0.5) is 4.39 Å². The highest BCUT2D eigenvalue weighted by molar-refractivity contribution is 5.96. The lowest BCUT2D eigenvalue weighted by molar-refractivity contribution is 0.0710. The molecule has 33 heavy (non-hydrogen) atoms. The standard InChI is InChI=1S/C23H21FN4O5/c24-15-8-6-13(7-9-15)11-25-21(31)18-19(30)22(32)27-20(26-18)17-10-16(29)12-28(17)23(33)14-4-2-1-3-5-14/h1-9,16-17,29-30H,10-12H2,(H,25,31)(H,26,27,32)/t16-,17+/m1/s1. The smallest absolute Gasteiger partial charge is 0.274 e. The summed E-state index contributed by atoms with van der Waals surface area (Å²) in [4.78, 5) is 34.9. The van der Waals surface area contributed by atoms with Gasteiger partial charge >= 0.3 is 0 Å². The van der Waals surface area contributed by atoms with E-state index in [0.717, 1.165) is 0 Å². The minimum Gasteiger partial charge on any atom is -0.501 e. The number of nitrogens with one attached hydrogen (secondary N) is 1. The van der Waals surface area contributed by atoms with Crippen LogP contribution in [-0.4, -0.2) is 54.7 Å². The number of rotatable bonds is 5. The van der Waals surface area contributed by atoms with Crippen LogP contribution in [0.3, 0.4) is 0 Å². The maximum Gasteiger partial charge on any atom is 0.274 e. The lowest BCUT2D eigenvalue weighted by Gasteiger charge is -2.24. The van der Waals surface area contributed by atoms with E-state index in [0.29, 0.717) is 11.1 Å². The Morgan fingerprint density at radius 2 is 1.76 bits per heavy atom. The number of aliphatic hydroxyl groups excluding tert-OH is 1. The topological polar surface area (TPSA) is 136 Å². The number of β-amino-alcohol motifs (C(OH)–C–C–N with tert-alkyl or cyclic N) is 1. The molecule has 2 aromatic carbocycles. The summed E-state index contributed by atoms with van der Waals surface area (Å²) in [6, 6.07) is 13.1. The van der Waals surface area contributed by atoms with E-state index in [1.807, 2.05) is 0 Å². The van der Waals surface area contributed by atoms with Crippen molar-refractivity contribution in [1.29, 1.82) is 0 Å². The van der Waals surface area contributed by atoms with Crippen LogP contribution in [-0.2, 0) is 6.54 Å². The maximum absolute atomic E-state index is 13.1. The maximum atomic E-state index is 13.1. The number of hydrogen-bond donors (Lipinski definition) is 4. The SMILES string of the molecule is O=C(NCc1ccc(F)cc1)c1nc([C@@H]2C[C@@H](O)CN2C(=O)c2ccccc2)nc(O)c1O. The first-order chi connectivity index (χ1) is 15.8. The van der Waals surface area contributed by atoms with Gasteiger partial charge in [-0.3, -0.25) is 9.59 Å². The number of aliphatic hydroxyl groups is 1. The second-order valence-electron chi connectivity index (χ2n) is 7.64. The highest BCUT2D eigenvalue weighted by Crippen LogP contribution is 2.35. The van der Waals surface area contributed by atoms with E-state index in [2.05, 4.69) is 15.3 Å². The fraction of sp³-hybridized carbons (Fsp3) is 0.217. The molecule has 1 fully saturated rings. The van der Waals surface area contributed by atoms with Gasteiger partial charge in [0.05, 0.1) is 12.1 Å². The van der Waals surface area contributed by atoms with Crippen LogP contribution in [0.2, 0.25) is 0 Å². The molecule has 0 radical (unpaired) electrons. The van der Waals surface area contributed by atoms with Gasteiger partial charge in [0, 0.05) is 25.1 Å². The molecule has 3 aromatic rings. The lowest BCUT2D eigenvalue weighted by Crippen LogP contribution is -2.33. The number of aromatic hydroxyl groups is 2. The van der Waals surface area contributed by atoms with Crippen LogP contribution in [0.1, 0.15) is 44.7 Å². The Hall–Kier alpha value is -4.05. The highest BCUT2D eigenvalue weighted by atomic mass is 19.1. The average molecular weight is 452 g/mol. The molecular formula is C23H21FN4O5. The Morgan fingerprint density at radius 3 is 2.45 bits per heavy atom. The summed E-state index contributed by atoms with van der Waals surface area (Å²) in [5, 5.41) is 33.0. The van der Waals surface area contributed by atoms with Crippen molar-refractivity contribution in [3.63, 3.8) is 0 Å². The number of benzene rings is 2. The number of nitrogens with zero attached hydrogens (tertiary/aromatic N) is 3. The summed E-state index contributed by atoms with van der Waals surface area (Å²) in [6.45, 7) is 0.0505. The lowest BCUT2D eigenvalue weighted by atomic mass is 10.1. The second kappa shape index (κ2) is 9.21. The Labute approximate surface area is 188 Å². The van der Waals surface area contributed by atoms with Crippen molar-refractivity contribution < 1.29 is 29.3 Å². The molecule has 0 spiro atoms. The zero-order chi connectivity index (χ0) is 23.5. The molecule has 0 unspecified atom stereocenters. The molecule has 2 heterocycles. The van der Waals surface area contributed by atoms with Crippen LogP contribution in [0, 0.1) is 5.82 Å². The Morgan fingerprint density at radius 1 is 1.06 bits per heavy atom. The Balaban J connectivity index is 1.59. The average Bonchev–Trinajstić information content (AvgIpc) is 3.21. The fourth-order valence-electron chi connectivity index (χ4n) is 3.67. The quantitative estimate of drug-likeness (QED) is 0.464. The second-order valence-corrected chi connectivity index (χ2v) is 7.64. The van der Waals surface area contributed by atoms with Crippen LogP contribution in [0.15, 0.2) is 54.6 Å². The van der Waals surface area contributed by atoms with E-state index >= 15 is 0 Å². The van der Waals surface area contributed by atoms with E-state index in [1.54, 1.807) is 30.3 Å². The molecule has 2 amide bonds. The molecule has 4 N–H and O–H groups in total. The number of carbonyl (C=O) groups is 2. The van der Waals surface area contributed by atoms with Crippen molar-refractivity contribution in [3.05, 3.63) is 83.1 Å². The summed E-state index contributed by atoms with van der Waals surface area (Å²) in [7, 11) is 0. The summed E-state index contributed by atoms with van der Waals surface area (Å²) < 4.78 is 13.1. The predicted octanol–water partition coefficient (Wildman–Crippen LogP) is 1.91. The van der Waals surface area contributed by atoms with Gasteiger partial charge in [0.15, 0.2) is 11.5 Å². The molecule has 0 saturated carbocycles. The van der Waals surface area contributed by atoms with Gasteiger partial charge in [0.1, 0.15) is 5.82 Å². The minimum absolute atomic E-state index is 0.0233. The molecule has 1 aliphatic heterocycles. The van der Waals surface area contributed by atoms with Crippen LogP contribution < -0.4 is 5.32 Å². The number of halogens is 1. The molecule has 2 atom stereocenters. The third-order valence-electron chi connectivity index (χ3n) is 5.32. The van der Waals surface area contributed by atoms with Crippen molar-refractivity contribution in [2.24, 2.45) is 0 Å². The Bertz CT molecular complexity index is 1170. The zero-order valence-electron chi connectivity index (χ0n) is 17.3. The number of carbonyl (C=O) groups excluding carboxylic acids is 2. The van der Waals surface area contributed by atoms with Crippen LogP contribution in [0.25, 0.3) is 0 Å². The molecule has 1 saturated heterocycles. The molecule has 9 nitrogen and oxygen atoms in total. The van der Waals surface area contributed by atoms with Gasteiger partial charge in [-0.2, -0.15) is 4.98 Å². The van der Waals surface area contributed by atoms with E-state index < -0.39 is 41.2 Å². The fourth-order valence-corrected chi connectivity index (χ4v) is 3.67. The third kappa shape index (κ3) is 4.75. The van der Waals surface area contributed by atoms with Gasteiger partial charge in [-0.15, -0.1) is 0 Å². The number of likely N-dealkylation sites (tertiary alicyclic amines) is 1. The van der Waals surface area contributed by atoms with Crippen LogP contribution >= 0.6 is 0 Å². The summed E-state index contributed by atoms with van der Waals surface area (Å²) in [5.41, 5.74) is 0.534.